The van der Waals surface area contributed by atoms with E-state index in [0.29, 0.717) is 42.7 Å². The molecule has 0 radical (unpaired) electrons. The molecule has 5 nitrogen and oxygen atoms in total. The van der Waals surface area contributed by atoms with Crippen LogP contribution in [0.3, 0.4) is 0 Å². The van der Waals surface area contributed by atoms with Gasteiger partial charge in [0.1, 0.15) is 5.75 Å². The van der Waals surface area contributed by atoms with Crippen LogP contribution in [0.15, 0.2) is 47.4 Å². The minimum atomic E-state index is -3.49. The molecule has 0 bridgehead atoms. The minimum Gasteiger partial charge on any atom is -0.494 e. The number of nitrogens with zero attached hydrogens (tertiary/aromatic N) is 2. The van der Waals surface area contributed by atoms with Crippen LogP contribution in [-0.4, -0.2) is 45.5 Å². The number of hydrogen-bond acceptors (Lipinski definition) is 4. The van der Waals surface area contributed by atoms with Crippen molar-refractivity contribution in [1.29, 1.82) is 0 Å². The van der Waals surface area contributed by atoms with Crippen molar-refractivity contribution in [2.45, 2.75) is 18.7 Å². The molecule has 1 fully saturated rings. The molecule has 1 saturated heterocycles. The largest absolute Gasteiger partial charge is 0.494 e. The second kappa shape index (κ2) is 7.86. The molecule has 0 amide bonds. The van der Waals surface area contributed by atoms with Gasteiger partial charge in [-0.2, -0.15) is 4.31 Å². The smallest absolute Gasteiger partial charge is 0.243 e. The summed E-state index contributed by atoms with van der Waals surface area (Å²) < 4.78 is 32.7. The number of rotatable bonds is 5. The van der Waals surface area contributed by atoms with Crippen LogP contribution in [0.2, 0.25) is 5.02 Å². The van der Waals surface area contributed by atoms with Gasteiger partial charge in [0.05, 0.1) is 11.5 Å². The quantitative estimate of drug-likeness (QED) is 0.778. The van der Waals surface area contributed by atoms with Gasteiger partial charge in [-0.05, 0) is 61.9 Å². The van der Waals surface area contributed by atoms with Crippen LogP contribution >= 0.6 is 11.6 Å². The van der Waals surface area contributed by atoms with E-state index in [1.165, 1.54) is 0 Å². The van der Waals surface area contributed by atoms with Gasteiger partial charge >= 0.3 is 0 Å². The van der Waals surface area contributed by atoms with E-state index in [1.807, 2.05) is 38.1 Å². The van der Waals surface area contributed by atoms with E-state index in [2.05, 4.69) is 4.90 Å². The lowest BCUT2D eigenvalue weighted by atomic mass is 10.2. The Kier molecular flexibility index (Phi) is 5.75. The molecule has 140 valence electrons. The zero-order valence-corrected chi connectivity index (χ0v) is 16.6. The fourth-order valence-corrected chi connectivity index (χ4v) is 4.66. The first-order valence-electron chi connectivity index (χ1n) is 8.66. The van der Waals surface area contributed by atoms with Crippen LogP contribution in [0.4, 0.5) is 5.69 Å². The molecule has 1 heterocycles. The first-order chi connectivity index (χ1) is 12.4. The molecule has 0 saturated carbocycles. The third-order valence-corrected chi connectivity index (χ3v) is 6.84. The molecule has 0 atom stereocenters. The highest BCUT2D eigenvalue weighted by Gasteiger charge is 2.28. The first kappa shape index (κ1) is 19.0. The van der Waals surface area contributed by atoms with Crippen LogP contribution in [-0.2, 0) is 10.0 Å². The highest BCUT2D eigenvalue weighted by molar-refractivity contribution is 7.89. The summed E-state index contributed by atoms with van der Waals surface area (Å²) in [6.07, 6.45) is 0. The van der Waals surface area contributed by atoms with Gasteiger partial charge in [0.2, 0.25) is 10.0 Å². The van der Waals surface area contributed by atoms with Gasteiger partial charge in [-0.15, -0.1) is 0 Å². The van der Waals surface area contributed by atoms with E-state index in [9.17, 15) is 8.42 Å². The van der Waals surface area contributed by atoms with Crippen molar-refractivity contribution in [2.75, 3.05) is 37.7 Å². The van der Waals surface area contributed by atoms with Crippen LogP contribution in [0, 0.1) is 6.92 Å². The number of sulfonamides is 1. The number of hydrogen-bond donors (Lipinski definition) is 0. The first-order valence-corrected chi connectivity index (χ1v) is 10.5. The van der Waals surface area contributed by atoms with Crippen LogP contribution in [0.1, 0.15) is 12.5 Å². The summed E-state index contributed by atoms with van der Waals surface area (Å²) in [5, 5.41) is 0.573. The molecular weight excluding hydrogens is 372 g/mol. The molecule has 0 spiro atoms. The van der Waals surface area contributed by atoms with E-state index in [1.54, 1.807) is 22.5 Å². The van der Waals surface area contributed by atoms with Gasteiger partial charge in [0.25, 0.3) is 0 Å². The number of piperazine rings is 1. The lowest BCUT2D eigenvalue weighted by molar-refractivity contribution is 0.340. The third-order valence-electron chi connectivity index (χ3n) is 4.52. The molecule has 0 N–H and O–H groups in total. The maximum absolute atomic E-state index is 12.9. The normalized spacial score (nSPS) is 15.9. The van der Waals surface area contributed by atoms with Crippen molar-refractivity contribution in [3.05, 3.63) is 53.1 Å². The van der Waals surface area contributed by atoms with Crippen molar-refractivity contribution in [1.82, 2.24) is 4.31 Å². The monoisotopic (exact) mass is 394 g/mol. The average Bonchev–Trinajstić information content (AvgIpc) is 2.65. The van der Waals surface area contributed by atoms with Gasteiger partial charge in [0.15, 0.2) is 0 Å². The number of aryl methyl sites for hydroxylation is 1. The molecule has 3 rings (SSSR count). The van der Waals surface area contributed by atoms with Crippen molar-refractivity contribution < 1.29 is 13.2 Å². The maximum atomic E-state index is 12.9. The molecule has 0 unspecified atom stereocenters. The number of benzene rings is 2. The van der Waals surface area contributed by atoms with Gasteiger partial charge in [0, 0.05) is 36.9 Å². The summed E-state index contributed by atoms with van der Waals surface area (Å²) in [5.74, 6) is 0.843. The Morgan fingerprint density at radius 3 is 2.27 bits per heavy atom. The minimum absolute atomic E-state index is 0.300. The molecule has 1 aliphatic rings. The standard InChI is InChI=1S/C19H23ClN2O3S/c1-3-25-17-6-4-16(5-7-17)21-10-12-22(13-11-21)26(23,24)18-8-9-19(20)15(2)14-18/h4-9,14H,3,10-13H2,1-2H3. The topological polar surface area (TPSA) is 49.9 Å². The Bertz CT molecular complexity index is 861. The Morgan fingerprint density at radius 1 is 1.04 bits per heavy atom. The van der Waals surface area contributed by atoms with Crippen molar-refractivity contribution in [3.8, 4) is 5.75 Å². The lowest BCUT2D eigenvalue weighted by Gasteiger charge is -2.35. The van der Waals surface area contributed by atoms with Gasteiger partial charge in [-0.25, -0.2) is 8.42 Å². The zero-order valence-electron chi connectivity index (χ0n) is 15.0. The molecule has 1 aliphatic heterocycles. The van der Waals surface area contributed by atoms with Crippen LogP contribution < -0.4 is 9.64 Å². The van der Waals surface area contributed by atoms with E-state index < -0.39 is 10.0 Å². The fourth-order valence-electron chi connectivity index (χ4n) is 3.03. The fraction of sp³-hybridized carbons (Fsp3) is 0.368. The predicted octanol–water partition coefficient (Wildman–Crippen LogP) is 3.56. The summed E-state index contributed by atoms with van der Waals surface area (Å²) in [4.78, 5) is 2.49. The molecule has 2 aromatic rings. The molecule has 0 aliphatic carbocycles. The van der Waals surface area contributed by atoms with E-state index in [4.69, 9.17) is 16.3 Å². The Morgan fingerprint density at radius 2 is 1.69 bits per heavy atom. The SMILES string of the molecule is CCOc1ccc(N2CCN(S(=O)(=O)c3ccc(Cl)c(C)c3)CC2)cc1. The van der Waals surface area contributed by atoms with Gasteiger partial charge < -0.3 is 9.64 Å². The Hall–Kier alpha value is -1.76. The van der Waals surface area contributed by atoms with Crippen LogP contribution in [0.25, 0.3) is 0 Å². The highest BCUT2D eigenvalue weighted by atomic mass is 35.5. The van der Waals surface area contributed by atoms with Crippen molar-refractivity contribution in [2.24, 2.45) is 0 Å². The molecule has 0 aromatic heterocycles. The molecule has 26 heavy (non-hydrogen) atoms. The number of halogens is 1. The van der Waals surface area contributed by atoms with Crippen molar-refractivity contribution in [3.63, 3.8) is 0 Å². The summed E-state index contributed by atoms with van der Waals surface area (Å²) >= 11 is 6.01. The lowest BCUT2D eigenvalue weighted by Crippen LogP contribution is -2.48. The summed E-state index contributed by atoms with van der Waals surface area (Å²) in [7, 11) is -3.49. The molecular formula is C19H23ClN2O3S. The summed E-state index contributed by atoms with van der Waals surface area (Å²) in [6.45, 7) is 6.62. The predicted molar refractivity (Wildman–Crippen MR) is 105 cm³/mol. The zero-order chi connectivity index (χ0) is 18.7. The van der Waals surface area contributed by atoms with Crippen LogP contribution in [0.5, 0.6) is 5.75 Å². The highest BCUT2D eigenvalue weighted by Crippen LogP contribution is 2.25. The molecule has 2 aromatic carbocycles. The second-order valence-electron chi connectivity index (χ2n) is 6.23. The van der Waals surface area contributed by atoms with Crippen molar-refractivity contribution >= 4 is 27.3 Å². The number of anilines is 1. The third kappa shape index (κ3) is 3.98. The Balaban J connectivity index is 1.68. The van der Waals surface area contributed by atoms with E-state index in [0.717, 1.165) is 17.0 Å². The van der Waals surface area contributed by atoms with E-state index in [-0.39, 0.29) is 0 Å². The van der Waals surface area contributed by atoms with Gasteiger partial charge in [-0.1, -0.05) is 11.6 Å². The molecule has 7 heteroatoms. The average molecular weight is 395 g/mol. The number of ether oxygens (including phenoxy) is 1. The summed E-state index contributed by atoms with van der Waals surface area (Å²) in [6, 6.07) is 12.8. The summed E-state index contributed by atoms with van der Waals surface area (Å²) in [5.41, 5.74) is 1.84. The second-order valence-corrected chi connectivity index (χ2v) is 8.57. The maximum Gasteiger partial charge on any atom is 0.243 e. The van der Waals surface area contributed by atoms with E-state index >= 15 is 0 Å². The Labute approximate surface area is 160 Å². The van der Waals surface area contributed by atoms with Gasteiger partial charge in [-0.3, -0.25) is 0 Å².